The van der Waals surface area contributed by atoms with Gasteiger partial charge in [0.25, 0.3) is 0 Å². The zero-order valence-electron chi connectivity index (χ0n) is 9.55. The predicted octanol–water partition coefficient (Wildman–Crippen LogP) is 3.73. The Morgan fingerprint density at radius 3 is 2.78 bits per heavy atom. The van der Waals surface area contributed by atoms with Crippen LogP contribution in [0.2, 0.25) is 0 Å². The van der Waals surface area contributed by atoms with Crippen molar-refractivity contribution in [3.63, 3.8) is 0 Å². The molecule has 18 heavy (non-hydrogen) atoms. The van der Waals surface area contributed by atoms with E-state index in [1.807, 2.05) is 18.2 Å². The van der Waals surface area contributed by atoms with Crippen LogP contribution in [-0.4, -0.2) is 9.56 Å². The third-order valence-electron chi connectivity index (χ3n) is 3.37. The van der Waals surface area contributed by atoms with E-state index in [0.717, 1.165) is 21.9 Å². The quantitative estimate of drug-likeness (QED) is 0.612. The van der Waals surface area contributed by atoms with Gasteiger partial charge in [0.15, 0.2) is 0 Å². The number of thiocarbonyl (C=S) groups is 1. The van der Waals surface area contributed by atoms with Gasteiger partial charge >= 0.3 is 0 Å². The fourth-order valence-electron chi connectivity index (χ4n) is 2.56. The molecule has 0 amide bonds. The lowest BCUT2D eigenvalue weighted by Gasteiger charge is -2.08. The van der Waals surface area contributed by atoms with Crippen molar-refractivity contribution < 1.29 is 0 Å². The Morgan fingerprint density at radius 2 is 1.83 bits per heavy atom. The first kappa shape index (κ1) is 9.85. The highest BCUT2D eigenvalue weighted by molar-refractivity contribution is 7.81. The minimum atomic E-state index is 0.783. The molecule has 0 unspecified atom stereocenters. The van der Waals surface area contributed by atoms with E-state index in [1.165, 1.54) is 10.9 Å². The summed E-state index contributed by atoms with van der Waals surface area (Å²) in [6, 6.07) is 16.6. The molecule has 0 radical (unpaired) electrons. The van der Waals surface area contributed by atoms with Gasteiger partial charge in [-0.05, 0) is 24.3 Å². The molecule has 3 heteroatoms. The number of hydrogen-bond donors (Lipinski definition) is 1. The second-order valence-corrected chi connectivity index (χ2v) is 4.81. The van der Waals surface area contributed by atoms with E-state index in [1.54, 1.807) is 0 Å². The minimum absolute atomic E-state index is 0.783. The van der Waals surface area contributed by atoms with Crippen LogP contribution in [0.3, 0.4) is 0 Å². The average molecular weight is 250 g/mol. The van der Waals surface area contributed by atoms with E-state index in [4.69, 9.17) is 12.2 Å². The first-order valence-electron chi connectivity index (χ1n) is 5.85. The zero-order valence-corrected chi connectivity index (χ0v) is 10.4. The number of rotatable bonds is 0. The normalized spacial score (nSPS) is 13.0. The van der Waals surface area contributed by atoms with Crippen molar-refractivity contribution in [3.8, 4) is 5.69 Å². The van der Waals surface area contributed by atoms with Crippen molar-refractivity contribution in [3.05, 3.63) is 60.3 Å². The number of nitrogens with one attached hydrogen (secondary N) is 1. The first-order valence-corrected chi connectivity index (χ1v) is 6.26. The molecule has 2 heterocycles. The molecular weight excluding hydrogens is 240 g/mol. The summed E-state index contributed by atoms with van der Waals surface area (Å²) in [7, 11) is 0. The van der Waals surface area contributed by atoms with Crippen LogP contribution in [0.4, 0.5) is 5.69 Å². The van der Waals surface area contributed by atoms with Gasteiger partial charge in [0, 0.05) is 17.1 Å². The number of hydrogen-bond acceptors (Lipinski definition) is 1. The number of fused-ring (bicyclic) bond motifs is 2. The third kappa shape index (κ3) is 1.19. The Hall–Kier alpha value is -2.13. The van der Waals surface area contributed by atoms with Crippen LogP contribution < -0.4 is 5.32 Å². The molecule has 1 N–H and O–H groups in total. The van der Waals surface area contributed by atoms with Crippen LogP contribution in [0.15, 0.2) is 54.7 Å². The molecule has 2 aromatic carbocycles. The van der Waals surface area contributed by atoms with Crippen molar-refractivity contribution in [1.29, 1.82) is 0 Å². The molecule has 2 nitrogen and oxygen atoms in total. The molecule has 4 rings (SSSR count). The van der Waals surface area contributed by atoms with E-state index in [9.17, 15) is 0 Å². The van der Waals surface area contributed by atoms with Gasteiger partial charge in [-0.3, -0.25) is 0 Å². The van der Waals surface area contributed by atoms with Gasteiger partial charge in [-0.1, -0.05) is 36.5 Å². The van der Waals surface area contributed by atoms with Gasteiger partial charge in [-0.2, -0.15) is 0 Å². The molecule has 0 aliphatic carbocycles. The molecule has 0 spiro atoms. The predicted molar refractivity (Wildman–Crippen MR) is 78.6 cm³/mol. The molecule has 1 aliphatic heterocycles. The molecule has 0 bridgehead atoms. The highest BCUT2D eigenvalue weighted by Crippen LogP contribution is 2.31. The topological polar surface area (TPSA) is 17.0 Å². The summed E-state index contributed by atoms with van der Waals surface area (Å²) in [6.45, 7) is 0. The number of aromatic nitrogens is 1. The average Bonchev–Trinajstić information content (AvgIpc) is 2.77. The van der Waals surface area contributed by atoms with Crippen LogP contribution in [-0.2, 0) is 0 Å². The van der Waals surface area contributed by atoms with Gasteiger partial charge in [0.2, 0.25) is 0 Å². The van der Waals surface area contributed by atoms with Gasteiger partial charge in [-0.25, -0.2) is 0 Å². The smallest absolute Gasteiger partial charge is 0.113 e. The Kier molecular flexibility index (Phi) is 1.88. The van der Waals surface area contributed by atoms with Gasteiger partial charge in [0.1, 0.15) is 4.99 Å². The van der Waals surface area contributed by atoms with Crippen molar-refractivity contribution in [1.82, 2.24) is 4.57 Å². The van der Waals surface area contributed by atoms with Crippen LogP contribution in [0, 0.1) is 0 Å². The maximum atomic E-state index is 5.50. The summed E-state index contributed by atoms with van der Waals surface area (Å²) >= 11 is 5.50. The Bertz CT molecular complexity index is 786. The Labute approximate surface area is 110 Å². The number of para-hydroxylation sites is 3. The molecule has 0 fully saturated rings. The van der Waals surface area contributed by atoms with E-state index in [0.29, 0.717) is 0 Å². The lowest BCUT2D eigenvalue weighted by molar-refractivity contribution is 1.13. The fraction of sp³-hybridized carbons (Fsp3) is 0. The second kappa shape index (κ2) is 3.43. The molecule has 86 valence electrons. The molecule has 0 atom stereocenters. The summed E-state index contributed by atoms with van der Waals surface area (Å²) in [4.78, 5) is 0.783. The first-order chi connectivity index (χ1) is 8.84. The standard InChI is InChI=1S/C15H10N2S/c18-15-11-5-3-4-10-8-9-17(14(10)11)13-7-2-1-6-12(13)16-15/h1-9H,(H,16,18). The summed E-state index contributed by atoms with van der Waals surface area (Å²) < 4.78 is 2.20. The highest BCUT2D eigenvalue weighted by Gasteiger charge is 2.17. The van der Waals surface area contributed by atoms with Crippen LogP contribution in [0.25, 0.3) is 16.6 Å². The molecule has 1 aliphatic rings. The van der Waals surface area contributed by atoms with Gasteiger partial charge in [0.05, 0.1) is 16.9 Å². The van der Waals surface area contributed by atoms with Gasteiger partial charge in [-0.15, -0.1) is 0 Å². The van der Waals surface area contributed by atoms with Crippen molar-refractivity contribution in [2.75, 3.05) is 5.32 Å². The zero-order chi connectivity index (χ0) is 12.1. The highest BCUT2D eigenvalue weighted by atomic mass is 32.1. The number of anilines is 1. The maximum Gasteiger partial charge on any atom is 0.113 e. The van der Waals surface area contributed by atoms with E-state index in [2.05, 4.69) is 46.4 Å². The summed E-state index contributed by atoms with van der Waals surface area (Å²) in [5.41, 5.74) is 4.46. The van der Waals surface area contributed by atoms with E-state index in [-0.39, 0.29) is 0 Å². The lowest BCUT2D eigenvalue weighted by Crippen LogP contribution is -2.09. The SMILES string of the molecule is S=C1Nc2ccccc2-n2ccc3cccc1c32. The van der Waals surface area contributed by atoms with Crippen molar-refractivity contribution in [2.24, 2.45) is 0 Å². The summed E-state index contributed by atoms with van der Waals surface area (Å²) in [6.07, 6.45) is 2.10. The third-order valence-corrected chi connectivity index (χ3v) is 3.69. The summed E-state index contributed by atoms with van der Waals surface area (Å²) in [5.74, 6) is 0. The fourth-order valence-corrected chi connectivity index (χ4v) is 2.83. The van der Waals surface area contributed by atoms with Crippen LogP contribution in [0.5, 0.6) is 0 Å². The van der Waals surface area contributed by atoms with Gasteiger partial charge < -0.3 is 9.88 Å². The van der Waals surface area contributed by atoms with E-state index < -0.39 is 0 Å². The molecule has 0 saturated heterocycles. The molecular formula is C15H10N2S. The van der Waals surface area contributed by atoms with E-state index >= 15 is 0 Å². The van der Waals surface area contributed by atoms with Crippen LogP contribution >= 0.6 is 12.2 Å². The Morgan fingerprint density at radius 1 is 0.944 bits per heavy atom. The number of benzene rings is 2. The molecule has 1 aromatic heterocycles. The Balaban J connectivity index is 2.21. The van der Waals surface area contributed by atoms with Crippen molar-refractivity contribution in [2.45, 2.75) is 0 Å². The van der Waals surface area contributed by atoms with Crippen molar-refractivity contribution >= 4 is 33.8 Å². The largest absolute Gasteiger partial charge is 0.344 e. The lowest BCUT2D eigenvalue weighted by atomic mass is 10.1. The second-order valence-electron chi connectivity index (χ2n) is 4.40. The maximum absolute atomic E-state index is 5.50. The molecule has 3 aromatic rings. The number of nitrogens with zero attached hydrogens (tertiary/aromatic N) is 1. The monoisotopic (exact) mass is 250 g/mol. The minimum Gasteiger partial charge on any atom is -0.344 e. The van der Waals surface area contributed by atoms with Crippen LogP contribution in [0.1, 0.15) is 5.56 Å². The summed E-state index contributed by atoms with van der Waals surface area (Å²) in [5, 5.41) is 4.54. The molecule has 0 saturated carbocycles.